The Bertz CT molecular complexity index is 2360. The number of imide groups is 2. The van der Waals surface area contributed by atoms with Gasteiger partial charge in [-0.25, -0.2) is 5.84 Å². The van der Waals surface area contributed by atoms with Crippen molar-refractivity contribution in [3.05, 3.63) is 93.9 Å². The molecule has 0 aliphatic carbocycles. The number of rotatable bonds is 16. The second-order valence-electron chi connectivity index (χ2n) is 15.2. The van der Waals surface area contributed by atoms with E-state index >= 15 is 0 Å². The van der Waals surface area contributed by atoms with Crippen LogP contribution in [-0.2, 0) is 27.9 Å². The third kappa shape index (κ3) is 8.97. The van der Waals surface area contributed by atoms with Crippen molar-refractivity contribution in [2.24, 2.45) is 18.6 Å². The summed E-state index contributed by atoms with van der Waals surface area (Å²) < 4.78 is 25.3. The van der Waals surface area contributed by atoms with Crippen molar-refractivity contribution in [2.45, 2.75) is 57.2 Å². The van der Waals surface area contributed by atoms with Crippen molar-refractivity contribution in [2.75, 3.05) is 47.1 Å². The minimum Gasteiger partial charge on any atom is -0.496 e. The van der Waals surface area contributed by atoms with Gasteiger partial charge in [-0.2, -0.15) is 0 Å². The molecule has 5 N–H and O–H groups in total. The van der Waals surface area contributed by atoms with Crippen LogP contribution in [0.5, 0.6) is 17.2 Å². The van der Waals surface area contributed by atoms with E-state index in [-0.39, 0.29) is 42.2 Å². The normalized spacial score (nSPS) is 17.6. The number of ether oxygens (including phenoxy) is 4. The summed E-state index contributed by atoms with van der Waals surface area (Å²) in [5.74, 6) is 5.80. The Morgan fingerprint density at radius 2 is 1.67 bits per heavy atom. The van der Waals surface area contributed by atoms with Gasteiger partial charge in [-0.05, 0) is 79.5 Å². The minimum atomic E-state index is -1.02. The molecule has 4 amide bonds. The predicted molar refractivity (Wildman–Crippen MR) is 221 cm³/mol. The number of fused-ring (bicyclic) bond motifs is 2. The van der Waals surface area contributed by atoms with Crippen LogP contribution in [0.25, 0.3) is 21.9 Å². The van der Waals surface area contributed by atoms with Crippen LogP contribution in [0, 0.1) is 0 Å². The van der Waals surface area contributed by atoms with Gasteiger partial charge < -0.3 is 34.3 Å². The second-order valence-corrected chi connectivity index (χ2v) is 15.2. The van der Waals surface area contributed by atoms with E-state index < -0.39 is 29.7 Å². The predicted octanol–water partition coefficient (Wildman–Crippen LogP) is 2.83. The number of piperidine rings is 2. The number of methoxy groups -OCH3 is 2. The lowest BCUT2D eigenvalue weighted by atomic mass is 9.98. The third-order valence-electron chi connectivity index (χ3n) is 11.1. The Kier molecular flexibility index (Phi) is 12.8. The van der Waals surface area contributed by atoms with Crippen LogP contribution in [-0.4, -0.2) is 107 Å². The minimum absolute atomic E-state index is 0.0448. The van der Waals surface area contributed by atoms with Crippen molar-refractivity contribution in [1.29, 1.82) is 0 Å². The largest absolute Gasteiger partial charge is 0.496 e. The van der Waals surface area contributed by atoms with Gasteiger partial charge in [0.15, 0.2) is 0 Å². The molecule has 0 bridgehead atoms. The number of nitrogens with two attached hydrogens (primary N) is 2. The average molecular weight is 823 g/mol. The molecular formula is C43H50N8O9. The maximum atomic E-state index is 13.1. The number of unbranched alkanes of at least 4 members (excludes halogenated alkanes) is 1. The fraction of sp³-hybridized carbons (Fsp3) is 0.395. The molecule has 0 saturated carbocycles. The molecule has 0 spiro atoms. The van der Waals surface area contributed by atoms with Crippen molar-refractivity contribution in [3.8, 4) is 28.4 Å². The van der Waals surface area contributed by atoms with Crippen LogP contribution in [0.2, 0.25) is 0 Å². The number of hydrogen-bond donors (Lipinski definition) is 3. The van der Waals surface area contributed by atoms with E-state index in [1.54, 1.807) is 50.5 Å². The van der Waals surface area contributed by atoms with Gasteiger partial charge in [-0.3, -0.25) is 44.1 Å². The van der Waals surface area contributed by atoms with E-state index in [4.69, 9.17) is 30.5 Å². The van der Waals surface area contributed by atoms with Gasteiger partial charge in [0.1, 0.15) is 23.3 Å². The SMILES string of the molecule is COc1cc(-c2cn(C)c(=O)c3cnccc23)cc(OC)c1CN1CCC(OC/C(N)=C/N(N)CCCCOc2ccc3c(c2)C(=O)N(C2CCC(=O)NC2=O)C3=O)CC1. The van der Waals surface area contributed by atoms with Crippen LogP contribution in [0.4, 0.5) is 0 Å². The first kappa shape index (κ1) is 41.8. The highest BCUT2D eigenvalue weighted by Gasteiger charge is 2.44. The van der Waals surface area contributed by atoms with Crippen molar-refractivity contribution < 1.29 is 38.1 Å². The molecule has 316 valence electrons. The number of aryl methyl sites for hydroxylation is 1. The lowest BCUT2D eigenvalue weighted by Gasteiger charge is -2.32. The molecule has 2 fully saturated rings. The molecule has 60 heavy (non-hydrogen) atoms. The van der Waals surface area contributed by atoms with Gasteiger partial charge in [0.2, 0.25) is 11.8 Å². The van der Waals surface area contributed by atoms with Gasteiger partial charge >= 0.3 is 0 Å². The fourth-order valence-electron chi connectivity index (χ4n) is 7.95. The molecule has 4 aromatic rings. The Balaban J connectivity index is 0.836. The summed E-state index contributed by atoms with van der Waals surface area (Å²) in [5, 5.41) is 5.07. The maximum absolute atomic E-state index is 13.1. The second kappa shape index (κ2) is 18.3. The highest BCUT2D eigenvalue weighted by atomic mass is 16.5. The van der Waals surface area contributed by atoms with E-state index in [0.29, 0.717) is 60.9 Å². The number of likely N-dealkylation sites (tertiary alicyclic amines) is 1. The molecule has 0 radical (unpaired) electrons. The van der Waals surface area contributed by atoms with Gasteiger partial charge in [-0.1, -0.05) is 0 Å². The zero-order valence-corrected chi connectivity index (χ0v) is 34.0. The van der Waals surface area contributed by atoms with E-state index in [0.717, 1.165) is 52.9 Å². The monoisotopic (exact) mass is 822 g/mol. The van der Waals surface area contributed by atoms with Gasteiger partial charge in [-0.15, -0.1) is 0 Å². The van der Waals surface area contributed by atoms with Crippen LogP contribution in [0.3, 0.4) is 0 Å². The lowest BCUT2D eigenvalue weighted by molar-refractivity contribution is -0.136. The summed E-state index contributed by atoms with van der Waals surface area (Å²) in [7, 11) is 5.03. The van der Waals surface area contributed by atoms with E-state index in [1.165, 1.54) is 17.1 Å². The maximum Gasteiger partial charge on any atom is 0.262 e. The zero-order valence-electron chi connectivity index (χ0n) is 34.0. The lowest BCUT2D eigenvalue weighted by Crippen LogP contribution is -2.54. The molecule has 1 unspecified atom stereocenters. The highest BCUT2D eigenvalue weighted by molar-refractivity contribution is 6.23. The van der Waals surface area contributed by atoms with Gasteiger partial charge in [0.05, 0.1) is 61.3 Å². The molecule has 5 heterocycles. The summed E-state index contributed by atoms with van der Waals surface area (Å²) in [6.07, 6.45) is 9.98. The summed E-state index contributed by atoms with van der Waals surface area (Å²) in [6, 6.07) is 9.45. The highest BCUT2D eigenvalue weighted by Crippen LogP contribution is 2.38. The first-order valence-electron chi connectivity index (χ1n) is 19.9. The number of hydrazine groups is 1. The number of carbonyl (C=O) groups is 4. The van der Waals surface area contributed by atoms with Crippen LogP contribution >= 0.6 is 0 Å². The number of carbonyl (C=O) groups excluding carboxylic acids is 4. The molecule has 1 atom stereocenters. The Morgan fingerprint density at radius 1 is 0.933 bits per heavy atom. The summed E-state index contributed by atoms with van der Waals surface area (Å²) in [5.41, 5.74) is 9.73. The topological polar surface area (TPSA) is 214 Å². The van der Waals surface area contributed by atoms with Crippen LogP contribution < -0.4 is 36.7 Å². The molecule has 3 aliphatic rings. The van der Waals surface area contributed by atoms with Crippen LogP contribution in [0.1, 0.15) is 64.8 Å². The number of benzene rings is 2. The van der Waals surface area contributed by atoms with E-state index in [1.807, 2.05) is 24.4 Å². The molecule has 17 nitrogen and oxygen atoms in total. The number of pyridine rings is 2. The number of amides is 4. The molecule has 2 aromatic carbocycles. The van der Waals surface area contributed by atoms with Crippen molar-refractivity contribution >= 4 is 34.4 Å². The standard InChI is InChI=1S/C43H50N8O9/c1-48-23-34(30-10-13-46-21-33(30)41(48)54)26-18-37(57-2)35(38(19-26)58-3)24-49-15-11-28(12-16-49)60-25-27(44)22-50(45)14-4-5-17-59-29-6-7-31-32(20-29)43(56)51(42(31)55)36-8-9-39(52)47-40(36)53/h6-7,10,13,18-23,28,36H,4-5,8-9,11-12,14-17,24-25,44-45H2,1-3H3,(H,47,52,53)/b27-22-. The first-order chi connectivity index (χ1) is 28.9. The molecule has 3 aliphatic heterocycles. The summed E-state index contributed by atoms with van der Waals surface area (Å²) in [6.45, 7) is 3.38. The quantitative estimate of drug-likeness (QED) is 0.0642. The average Bonchev–Trinajstić information content (AvgIpc) is 3.49. The number of hydrogen-bond acceptors (Lipinski definition) is 14. The van der Waals surface area contributed by atoms with Crippen LogP contribution in [0.15, 0.2) is 71.7 Å². The van der Waals surface area contributed by atoms with Gasteiger partial charge in [0.25, 0.3) is 17.4 Å². The van der Waals surface area contributed by atoms with Crippen molar-refractivity contribution in [1.82, 2.24) is 29.7 Å². The number of aromatic nitrogens is 2. The summed E-state index contributed by atoms with van der Waals surface area (Å²) in [4.78, 5) is 70.1. The Hall–Kier alpha value is -6.30. The first-order valence-corrected chi connectivity index (χ1v) is 19.9. The molecule has 2 aromatic heterocycles. The zero-order chi connectivity index (χ0) is 42.5. The number of nitrogens with zero attached hydrogens (tertiary/aromatic N) is 5. The molecular weight excluding hydrogens is 773 g/mol. The Morgan fingerprint density at radius 3 is 2.38 bits per heavy atom. The molecule has 2 saturated heterocycles. The summed E-state index contributed by atoms with van der Waals surface area (Å²) >= 11 is 0. The Labute approximate surface area is 346 Å². The number of nitrogens with one attached hydrogen (secondary N) is 1. The van der Waals surface area contributed by atoms with E-state index in [2.05, 4.69) is 15.2 Å². The van der Waals surface area contributed by atoms with Crippen molar-refractivity contribution in [3.63, 3.8) is 0 Å². The van der Waals surface area contributed by atoms with E-state index in [9.17, 15) is 24.0 Å². The van der Waals surface area contributed by atoms with Gasteiger partial charge in [0, 0.05) is 70.0 Å². The third-order valence-corrected chi connectivity index (χ3v) is 11.1. The molecule has 7 rings (SSSR count). The smallest absolute Gasteiger partial charge is 0.262 e. The molecule has 17 heteroatoms. The fourth-order valence-corrected chi connectivity index (χ4v) is 7.95.